The van der Waals surface area contributed by atoms with Gasteiger partial charge in [-0.2, -0.15) is 0 Å². The van der Waals surface area contributed by atoms with Crippen molar-refractivity contribution in [2.45, 2.75) is 39.2 Å². The molecule has 0 bridgehead atoms. The highest BCUT2D eigenvalue weighted by Gasteiger charge is 2.31. The van der Waals surface area contributed by atoms with E-state index in [9.17, 15) is 13.2 Å². The Kier molecular flexibility index (Phi) is 7.89. The van der Waals surface area contributed by atoms with Gasteiger partial charge in [0, 0.05) is 11.6 Å². The highest BCUT2D eigenvalue weighted by molar-refractivity contribution is 7.92. The van der Waals surface area contributed by atoms with E-state index < -0.39 is 16.1 Å². The summed E-state index contributed by atoms with van der Waals surface area (Å²) >= 11 is 5.90. The summed E-state index contributed by atoms with van der Waals surface area (Å²) in [6.07, 6.45) is 3.10. The lowest BCUT2D eigenvalue weighted by Crippen LogP contribution is -2.49. The predicted molar refractivity (Wildman–Crippen MR) is 115 cm³/mol. The maximum absolute atomic E-state index is 12.7. The van der Waals surface area contributed by atoms with Crippen molar-refractivity contribution in [3.05, 3.63) is 64.7 Å². The number of hydrogen-bond donors (Lipinski definition) is 1. The van der Waals surface area contributed by atoms with E-state index in [0.29, 0.717) is 23.7 Å². The van der Waals surface area contributed by atoms with Crippen LogP contribution < -0.4 is 9.62 Å². The molecule has 0 radical (unpaired) electrons. The van der Waals surface area contributed by atoms with Gasteiger partial charge < -0.3 is 5.32 Å². The maximum atomic E-state index is 12.7. The van der Waals surface area contributed by atoms with E-state index in [2.05, 4.69) is 29.6 Å². The first-order valence-electron chi connectivity index (χ1n) is 9.30. The molecule has 2 rings (SSSR count). The highest BCUT2D eigenvalue weighted by Crippen LogP contribution is 2.24. The van der Waals surface area contributed by atoms with Gasteiger partial charge in [0.2, 0.25) is 15.9 Å². The van der Waals surface area contributed by atoms with E-state index in [1.807, 2.05) is 6.92 Å². The molecule has 0 fully saturated rings. The van der Waals surface area contributed by atoms with Gasteiger partial charge in [-0.05, 0) is 56.0 Å². The molecule has 2 aromatic rings. The Morgan fingerprint density at radius 1 is 1.11 bits per heavy atom. The minimum absolute atomic E-state index is 0.299. The Labute approximate surface area is 172 Å². The van der Waals surface area contributed by atoms with Gasteiger partial charge in [0.25, 0.3) is 0 Å². The first-order valence-corrected chi connectivity index (χ1v) is 11.5. The summed E-state index contributed by atoms with van der Waals surface area (Å²) < 4.78 is 25.9. The van der Waals surface area contributed by atoms with E-state index in [0.717, 1.165) is 19.1 Å². The van der Waals surface area contributed by atoms with Crippen LogP contribution in [0.15, 0.2) is 48.5 Å². The Morgan fingerprint density at radius 2 is 1.71 bits per heavy atom. The van der Waals surface area contributed by atoms with Gasteiger partial charge in [-0.3, -0.25) is 9.10 Å². The third-order valence-electron chi connectivity index (χ3n) is 4.47. The van der Waals surface area contributed by atoms with E-state index in [1.165, 1.54) is 15.4 Å². The number of nitrogens with one attached hydrogen (secondary N) is 1. The topological polar surface area (TPSA) is 66.5 Å². The van der Waals surface area contributed by atoms with Gasteiger partial charge in [-0.25, -0.2) is 8.42 Å². The second-order valence-electron chi connectivity index (χ2n) is 6.84. The lowest BCUT2D eigenvalue weighted by atomic mass is 10.1. The Balaban J connectivity index is 2.02. The van der Waals surface area contributed by atoms with Crippen molar-refractivity contribution in [1.82, 2.24) is 5.32 Å². The van der Waals surface area contributed by atoms with Crippen molar-refractivity contribution in [3.8, 4) is 0 Å². The second kappa shape index (κ2) is 9.94. The molecule has 0 saturated carbocycles. The first-order chi connectivity index (χ1) is 13.2. The molecule has 0 spiro atoms. The second-order valence-corrected chi connectivity index (χ2v) is 9.14. The number of rotatable bonds is 9. The normalized spacial score (nSPS) is 12.4. The van der Waals surface area contributed by atoms with Crippen LogP contribution in [0.25, 0.3) is 0 Å². The zero-order valence-electron chi connectivity index (χ0n) is 16.5. The van der Waals surface area contributed by atoms with E-state index in [-0.39, 0.29) is 5.91 Å². The number of nitrogens with zero attached hydrogens (tertiary/aromatic N) is 1. The number of anilines is 1. The monoisotopic (exact) mass is 422 g/mol. The minimum Gasteiger partial charge on any atom is -0.354 e. The third-order valence-corrected chi connectivity index (χ3v) is 5.90. The van der Waals surface area contributed by atoms with Gasteiger partial charge >= 0.3 is 0 Å². The molecule has 28 heavy (non-hydrogen) atoms. The Morgan fingerprint density at radius 3 is 2.25 bits per heavy atom. The molecule has 0 unspecified atom stereocenters. The molecule has 2 aromatic carbocycles. The summed E-state index contributed by atoms with van der Waals surface area (Å²) in [5.74, 6) is -0.299. The molecule has 0 aliphatic heterocycles. The summed E-state index contributed by atoms with van der Waals surface area (Å²) in [6.45, 7) is 4.33. The number of aryl methyl sites for hydroxylation is 2. The fraction of sp³-hybridized carbons (Fsp3) is 0.381. The first kappa shape index (κ1) is 22.2. The number of halogens is 1. The molecule has 1 atom stereocenters. The largest absolute Gasteiger partial charge is 0.354 e. The van der Waals surface area contributed by atoms with Gasteiger partial charge in [0.15, 0.2) is 0 Å². The lowest BCUT2D eigenvalue weighted by Gasteiger charge is -2.30. The fourth-order valence-corrected chi connectivity index (χ4v) is 4.36. The van der Waals surface area contributed by atoms with Crippen LogP contribution in [-0.2, 0) is 21.2 Å². The number of benzene rings is 2. The quantitative estimate of drug-likeness (QED) is 0.622. The molecule has 152 valence electrons. The number of hydrogen-bond acceptors (Lipinski definition) is 3. The zero-order chi connectivity index (χ0) is 20.7. The average Bonchev–Trinajstić information content (AvgIpc) is 2.64. The zero-order valence-corrected chi connectivity index (χ0v) is 18.1. The van der Waals surface area contributed by atoms with Crippen LogP contribution in [0.5, 0.6) is 0 Å². The number of carbonyl (C=O) groups is 1. The SMILES string of the molecule is CC[C@H](C(=O)NCCCc1ccc(C)cc1)N(c1ccc(Cl)cc1)S(C)(=O)=O. The molecular weight excluding hydrogens is 396 g/mol. The van der Waals surface area contributed by atoms with Crippen LogP contribution in [0.2, 0.25) is 5.02 Å². The lowest BCUT2D eigenvalue weighted by molar-refractivity contribution is -0.122. The van der Waals surface area contributed by atoms with E-state index in [4.69, 9.17) is 11.6 Å². The molecule has 0 aromatic heterocycles. The molecule has 7 heteroatoms. The Hall–Kier alpha value is -2.05. The molecular formula is C21H27ClN2O3S. The van der Waals surface area contributed by atoms with Gasteiger partial charge in [0.05, 0.1) is 11.9 Å². The molecule has 5 nitrogen and oxygen atoms in total. The van der Waals surface area contributed by atoms with Crippen LogP contribution in [0.3, 0.4) is 0 Å². The number of sulfonamides is 1. The summed E-state index contributed by atoms with van der Waals surface area (Å²) in [6, 6.07) is 13.9. The van der Waals surface area contributed by atoms with Crippen LogP contribution in [-0.4, -0.2) is 33.2 Å². The van der Waals surface area contributed by atoms with Crippen LogP contribution in [0, 0.1) is 6.92 Å². The average molecular weight is 423 g/mol. The van der Waals surface area contributed by atoms with Crippen molar-refractivity contribution in [2.24, 2.45) is 0 Å². The molecule has 1 N–H and O–H groups in total. The van der Waals surface area contributed by atoms with Crippen molar-refractivity contribution < 1.29 is 13.2 Å². The molecule has 0 aliphatic rings. The van der Waals surface area contributed by atoms with E-state index >= 15 is 0 Å². The van der Waals surface area contributed by atoms with Crippen LogP contribution in [0.4, 0.5) is 5.69 Å². The minimum atomic E-state index is -3.64. The van der Waals surface area contributed by atoms with Gasteiger partial charge in [0.1, 0.15) is 6.04 Å². The van der Waals surface area contributed by atoms with E-state index in [1.54, 1.807) is 31.2 Å². The van der Waals surface area contributed by atoms with Crippen molar-refractivity contribution >= 4 is 33.2 Å². The Bertz CT molecular complexity index is 881. The van der Waals surface area contributed by atoms with Gasteiger partial charge in [-0.15, -0.1) is 0 Å². The van der Waals surface area contributed by atoms with Crippen molar-refractivity contribution in [2.75, 3.05) is 17.1 Å². The van der Waals surface area contributed by atoms with Crippen LogP contribution in [0.1, 0.15) is 30.9 Å². The highest BCUT2D eigenvalue weighted by atomic mass is 35.5. The smallest absolute Gasteiger partial charge is 0.243 e. The number of amides is 1. The summed E-state index contributed by atoms with van der Waals surface area (Å²) in [5, 5.41) is 3.38. The fourth-order valence-electron chi connectivity index (χ4n) is 3.02. The summed E-state index contributed by atoms with van der Waals surface area (Å²) in [7, 11) is -3.64. The van der Waals surface area contributed by atoms with Crippen molar-refractivity contribution in [3.63, 3.8) is 0 Å². The maximum Gasteiger partial charge on any atom is 0.243 e. The summed E-state index contributed by atoms with van der Waals surface area (Å²) in [5.41, 5.74) is 2.85. The molecule has 0 heterocycles. The van der Waals surface area contributed by atoms with Gasteiger partial charge in [-0.1, -0.05) is 48.4 Å². The summed E-state index contributed by atoms with van der Waals surface area (Å²) in [4.78, 5) is 12.7. The van der Waals surface area contributed by atoms with Crippen LogP contribution >= 0.6 is 11.6 Å². The number of carbonyl (C=O) groups excluding carboxylic acids is 1. The molecule has 0 saturated heterocycles. The predicted octanol–water partition coefficient (Wildman–Crippen LogP) is 3.94. The standard InChI is InChI=1S/C21H27ClN2O3S/c1-4-20(24(28(3,26)27)19-13-11-18(22)12-14-19)21(25)23-15-5-6-17-9-7-16(2)8-10-17/h7-14,20H,4-6,15H2,1-3H3,(H,23,25)/t20-/m1/s1. The molecule has 1 amide bonds. The molecule has 0 aliphatic carbocycles. The van der Waals surface area contributed by atoms with Crippen molar-refractivity contribution in [1.29, 1.82) is 0 Å². The third kappa shape index (κ3) is 6.24.